The minimum atomic E-state index is -2.53. The number of hydrogen-bond acceptors (Lipinski definition) is 2. The van der Waals surface area contributed by atoms with Gasteiger partial charge in [-0.05, 0) is 17.7 Å². The minimum Gasteiger partial charge on any atom is -0.329 e. The molecule has 6 heteroatoms. The van der Waals surface area contributed by atoms with Crippen LogP contribution in [0.2, 0.25) is 0 Å². The number of alkyl halides is 2. The van der Waals surface area contributed by atoms with Crippen LogP contribution in [0, 0.1) is 11.6 Å². The number of benzene rings is 1. The molecule has 0 bridgehead atoms. The summed E-state index contributed by atoms with van der Waals surface area (Å²) in [5.41, 5.74) is 5.56. The minimum absolute atomic E-state index is 0.0182. The first-order valence-electron chi connectivity index (χ1n) is 4.70. The van der Waals surface area contributed by atoms with E-state index in [-0.39, 0.29) is 12.1 Å². The smallest absolute Gasteiger partial charge is 0.250 e. The Morgan fingerprint density at radius 3 is 2.12 bits per heavy atom. The van der Waals surface area contributed by atoms with E-state index in [1.807, 2.05) is 0 Å². The van der Waals surface area contributed by atoms with Gasteiger partial charge >= 0.3 is 0 Å². The second kappa shape index (κ2) is 5.81. The van der Waals surface area contributed by atoms with Gasteiger partial charge in [0.2, 0.25) is 0 Å². The highest BCUT2D eigenvalue weighted by Gasteiger charge is 2.13. The molecule has 2 nitrogen and oxygen atoms in total. The van der Waals surface area contributed by atoms with E-state index >= 15 is 0 Å². The average molecular weight is 236 g/mol. The molecule has 0 saturated heterocycles. The number of hydrogen-bond donors (Lipinski definition) is 2. The van der Waals surface area contributed by atoms with Crippen LogP contribution in [-0.4, -0.2) is 19.5 Å². The van der Waals surface area contributed by atoms with E-state index in [4.69, 9.17) is 5.73 Å². The first kappa shape index (κ1) is 12.9. The Hall–Kier alpha value is -1.14. The van der Waals surface area contributed by atoms with E-state index in [2.05, 4.69) is 5.32 Å². The fourth-order valence-electron chi connectivity index (χ4n) is 1.34. The molecule has 0 amide bonds. The molecule has 90 valence electrons. The molecule has 0 aliphatic carbocycles. The summed E-state index contributed by atoms with van der Waals surface area (Å²) in [6, 6.07) is 2.17. The van der Waals surface area contributed by atoms with Crippen LogP contribution >= 0.6 is 0 Å². The van der Waals surface area contributed by atoms with E-state index in [0.29, 0.717) is 6.07 Å². The van der Waals surface area contributed by atoms with E-state index in [9.17, 15) is 17.6 Å². The van der Waals surface area contributed by atoms with Crippen LogP contribution in [0.1, 0.15) is 11.6 Å². The lowest BCUT2D eigenvalue weighted by atomic mass is 10.1. The normalized spacial score (nSPS) is 13.1. The van der Waals surface area contributed by atoms with Gasteiger partial charge in [0.05, 0.1) is 6.54 Å². The van der Waals surface area contributed by atoms with Crippen LogP contribution < -0.4 is 11.1 Å². The Morgan fingerprint density at radius 1 is 1.12 bits per heavy atom. The highest BCUT2D eigenvalue weighted by atomic mass is 19.3. The summed E-state index contributed by atoms with van der Waals surface area (Å²) >= 11 is 0. The van der Waals surface area contributed by atoms with Gasteiger partial charge in [0.15, 0.2) is 0 Å². The summed E-state index contributed by atoms with van der Waals surface area (Å²) in [7, 11) is 0. The molecule has 0 aromatic heterocycles. The molecule has 1 aromatic carbocycles. The first-order valence-corrected chi connectivity index (χ1v) is 4.70. The Labute approximate surface area is 90.4 Å². The van der Waals surface area contributed by atoms with Crippen molar-refractivity contribution in [2.24, 2.45) is 5.73 Å². The number of nitrogens with two attached hydrogens (primary N) is 1. The van der Waals surface area contributed by atoms with Crippen molar-refractivity contribution in [3.63, 3.8) is 0 Å². The molecule has 0 saturated carbocycles. The maximum Gasteiger partial charge on any atom is 0.250 e. The van der Waals surface area contributed by atoms with Crippen LogP contribution in [0.4, 0.5) is 17.6 Å². The monoisotopic (exact) mass is 236 g/mol. The van der Waals surface area contributed by atoms with E-state index < -0.39 is 30.6 Å². The molecule has 1 aromatic rings. The van der Waals surface area contributed by atoms with Crippen molar-refractivity contribution in [3.8, 4) is 0 Å². The fraction of sp³-hybridized carbons (Fsp3) is 0.400. The van der Waals surface area contributed by atoms with Gasteiger partial charge in [-0.3, -0.25) is 0 Å². The van der Waals surface area contributed by atoms with E-state index in [1.165, 1.54) is 0 Å². The standard InChI is InChI=1S/C10H12F4N2/c11-7-1-6(2-8(12)3-7)9(4-15)16-5-10(13)14/h1-3,9-10,16H,4-5,15H2. The van der Waals surface area contributed by atoms with Crippen LogP contribution in [0.3, 0.4) is 0 Å². The van der Waals surface area contributed by atoms with Gasteiger partial charge < -0.3 is 11.1 Å². The van der Waals surface area contributed by atoms with Crippen LogP contribution in [0.25, 0.3) is 0 Å². The van der Waals surface area contributed by atoms with E-state index in [0.717, 1.165) is 12.1 Å². The maximum absolute atomic E-state index is 12.9. The molecule has 0 radical (unpaired) electrons. The topological polar surface area (TPSA) is 38.0 Å². The zero-order valence-corrected chi connectivity index (χ0v) is 8.39. The Morgan fingerprint density at radius 2 is 1.69 bits per heavy atom. The van der Waals surface area contributed by atoms with E-state index in [1.54, 1.807) is 0 Å². The summed E-state index contributed by atoms with van der Waals surface area (Å²) < 4.78 is 49.6. The van der Waals surface area contributed by atoms with Crippen LogP contribution in [0.15, 0.2) is 18.2 Å². The lowest BCUT2D eigenvalue weighted by molar-refractivity contribution is 0.141. The Balaban J connectivity index is 2.78. The van der Waals surface area contributed by atoms with Gasteiger partial charge in [0.25, 0.3) is 6.43 Å². The molecular weight excluding hydrogens is 224 g/mol. The third kappa shape index (κ3) is 3.79. The molecular formula is C10H12F4N2. The summed E-state index contributed by atoms with van der Waals surface area (Å²) in [6.07, 6.45) is -2.53. The van der Waals surface area contributed by atoms with Crippen LogP contribution in [0.5, 0.6) is 0 Å². The largest absolute Gasteiger partial charge is 0.329 e. The summed E-state index contributed by atoms with van der Waals surface area (Å²) in [4.78, 5) is 0. The zero-order valence-electron chi connectivity index (χ0n) is 8.39. The fourth-order valence-corrected chi connectivity index (χ4v) is 1.34. The molecule has 0 spiro atoms. The predicted molar refractivity (Wildman–Crippen MR) is 52.2 cm³/mol. The maximum atomic E-state index is 12.9. The molecule has 0 aliphatic heterocycles. The molecule has 1 rings (SSSR count). The third-order valence-electron chi connectivity index (χ3n) is 2.04. The van der Waals surface area contributed by atoms with Crippen molar-refractivity contribution < 1.29 is 17.6 Å². The molecule has 1 unspecified atom stereocenters. The second-order valence-electron chi connectivity index (χ2n) is 3.29. The van der Waals surface area contributed by atoms with Gasteiger partial charge in [-0.25, -0.2) is 17.6 Å². The first-order chi connectivity index (χ1) is 7.52. The van der Waals surface area contributed by atoms with Gasteiger partial charge in [0.1, 0.15) is 11.6 Å². The Bertz CT molecular complexity index is 323. The van der Waals surface area contributed by atoms with Crippen molar-refractivity contribution in [2.75, 3.05) is 13.1 Å². The SMILES string of the molecule is NCC(NCC(F)F)c1cc(F)cc(F)c1. The number of nitrogens with one attached hydrogen (secondary N) is 1. The predicted octanol–water partition coefficient (Wildman–Crippen LogP) is 1.82. The third-order valence-corrected chi connectivity index (χ3v) is 2.04. The highest BCUT2D eigenvalue weighted by molar-refractivity contribution is 5.21. The molecule has 3 N–H and O–H groups in total. The Kier molecular flexibility index (Phi) is 4.70. The quantitative estimate of drug-likeness (QED) is 0.765. The van der Waals surface area contributed by atoms with Crippen molar-refractivity contribution in [2.45, 2.75) is 12.5 Å². The highest BCUT2D eigenvalue weighted by Crippen LogP contribution is 2.15. The van der Waals surface area contributed by atoms with Crippen molar-refractivity contribution in [1.82, 2.24) is 5.32 Å². The molecule has 0 fully saturated rings. The summed E-state index contributed by atoms with van der Waals surface area (Å²) in [6.45, 7) is -0.588. The van der Waals surface area contributed by atoms with Crippen molar-refractivity contribution >= 4 is 0 Å². The number of rotatable bonds is 5. The molecule has 0 heterocycles. The van der Waals surface area contributed by atoms with Gasteiger partial charge in [0, 0.05) is 18.7 Å². The lowest BCUT2D eigenvalue weighted by Gasteiger charge is -2.17. The molecule has 1 atom stereocenters. The second-order valence-corrected chi connectivity index (χ2v) is 3.29. The van der Waals surface area contributed by atoms with Crippen LogP contribution in [-0.2, 0) is 0 Å². The van der Waals surface area contributed by atoms with Gasteiger partial charge in [-0.1, -0.05) is 0 Å². The summed E-state index contributed by atoms with van der Waals surface area (Å²) in [5.74, 6) is -1.51. The number of halogens is 4. The van der Waals surface area contributed by atoms with Crippen molar-refractivity contribution in [1.29, 1.82) is 0 Å². The lowest BCUT2D eigenvalue weighted by Crippen LogP contribution is -2.31. The molecule has 0 aliphatic rings. The average Bonchev–Trinajstić information content (AvgIpc) is 2.16. The zero-order chi connectivity index (χ0) is 12.1. The van der Waals surface area contributed by atoms with Gasteiger partial charge in [-0.2, -0.15) is 0 Å². The van der Waals surface area contributed by atoms with Crippen molar-refractivity contribution in [3.05, 3.63) is 35.4 Å². The summed E-state index contributed by atoms with van der Waals surface area (Å²) in [5, 5.41) is 2.43. The van der Waals surface area contributed by atoms with Gasteiger partial charge in [-0.15, -0.1) is 0 Å². The molecule has 16 heavy (non-hydrogen) atoms.